The maximum Gasteiger partial charge on any atom is 0.261 e. The molecular weight excluding hydrogens is 568 g/mol. The summed E-state index contributed by atoms with van der Waals surface area (Å²) in [5.41, 5.74) is 3.20. The number of carbonyl (C=O) groups is 2. The van der Waals surface area contributed by atoms with Gasteiger partial charge in [0, 0.05) is 28.1 Å². The van der Waals surface area contributed by atoms with Crippen molar-refractivity contribution in [3.05, 3.63) is 172 Å². The number of carbonyl (C=O) groups excluding carboxylic acids is 2. The van der Waals surface area contributed by atoms with E-state index in [0.717, 1.165) is 16.7 Å². The van der Waals surface area contributed by atoms with Crippen LogP contribution < -0.4 is 9.80 Å². The molecular formula is C38H29ClN2O3. The first kappa shape index (κ1) is 27.7. The molecule has 2 amide bonds. The Morgan fingerprint density at radius 2 is 1.32 bits per heavy atom. The number of hydrogen-bond donors (Lipinski definition) is 0. The highest BCUT2D eigenvalue weighted by Crippen LogP contribution is 2.55. The van der Waals surface area contributed by atoms with Crippen LogP contribution in [0, 0.1) is 0 Å². The molecule has 0 aromatic heterocycles. The number of amides is 2. The van der Waals surface area contributed by atoms with Gasteiger partial charge in [0.05, 0.1) is 23.0 Å². The third-order valence-electron chi connectivity index (χ3n) is 8.43. The van der Waals surface area contributed by atoms with Gasteiger partial charge in [-0.25, -0.2) is 0 Å². The van der Waals surface area contributed by atoms with Crippen LogP contribution in [-0.4, -0.2) is 11.8 Å². The molecule has 5 aromatic carbocycles. The fourth-order valence-corrected chi connectivity index (χ4v) is 6.63. The standard InChI is InChI=1S/C38H29ClN2O3/c1-26-35(27-15-5-2-6-16-27)44-38(29-19-9-4-10-20-29)25-34(30-21-11-12-22-31(30)39)40(37(43)28-17-7-3-8-18-28)32-23-13-14-24-33(32)41(38)36(26)42/h2-24,34H,25H2,1H3. The minimum absolute atomic E-state index is 0.196. The van der Waals surface area contributed by atoms with Crippen molar-refractivity contribution >= 4 is 40.5 Å². The molecule has 216 valence electrons. The quantitative estimate of drug-likeness (QED) is 0.208. The minimum atomic E-state index is -1.32. The van der Waals surface area contributed by atoms with Gasteiger partial charge < -0.3 is 4.74 Å². The summed E-state index contributed by atoms with van der Waals surface area (Å²) in [5.74, 6) is 0.110. The van der Waals surface area contributed by atoms with Crippen molar-refractivity contribution in [2.24, 2.45) is 0 Å². The van der Waals surface area contributed by atoms with Gasteiger partial charge in [0.15, 0.2) is 0 Å². The average Bonchev–Trinajstić information content (AvgIpc) is 3.21. The summed E-state index contributed by atoms with van der Waals surface area (Å²) in [5, 5.41) is 0.523. The predicted octanol–water partition coefficient (Wildman–Crippen LogP) is 8.78. The Kier molecular flexibility index (Phi) is 7.03. The second-order valence-corrected chi connectivity index (χ2v) is 11.4. The summed E-state index contributed by atoms with van der Waals surface area (Å²) < 4.78 is 7.20. The van der Waals surface area contributed by atoms with Gasteiger partial charge in [-0.1, -0.05) is 121 Å². The SMILES string of the molecule is CC1=C(c2ccccc2)OC2(c3ccccc3)CC(c3ccccc3Cl)N(C(=O)c3ccccc3)c3ccccc3N2C1=O. The lowest BCUT2D eigenvalue weighted by atomic mass is 9.87. The van der Waals surface area contributed by atoms with Crippen LogP contribution in [0.4, 0.5) is 11.4 Å². The second-order valence-electron chi connectivity index (χ2n) is 11.0. The van der Waals surface area contributed by atoms with Crippen molar-refractivity contribution in [1.29, 1.82) is 0 Å². The highest BCUT2D eigenvalue weighted by molar-refractivity contribution is 6.31. The molecule has 5 nitrogen and oxygen atoms in total. The Hall–Kier alpha value is -5.13. The van der Waals surface area contributed by atoms with Crippen LogP contribution in [0.3, 0.4) is 0 Å². The van der Waals surface area contributed by atoms with Crippen molar-refractivity contribution in [1.82, 2.24) is 0 Å². The average molecular weight is 597 g/mol. The number of ether oxygens (including phenoxy) is 1. The first-order valence-corrected chi connectivity index (χ1v) is 14.9. The van der Waals surface area contributed by atoms with E-state index in [4.69, 9.17) is 16.3 Å². The van der Waals surface area contributed by atoms with E-state index in [1.165, 1.54) is 0 Å². The molecule has 44 heavy (non-hydrogen) atoms. The molecule has 0 saturated carbocycles. The molecule has 6 heteroatoms. The van der Waals surface area contributed by atoms with Crippen LogP contribution in [0.15, 0.2) is 145 Å². The summed E-state index contributed by atoms with van der Waals surface area (Å²) >= 11 is 6.93. The topological polar surface area (TPSA) is 49.9 Å². The number of hydrogen-bond acceptors (Lipinski definition) is 3. The molecule has 5 aromatic rings. The molecule has 0 saturated heterocycles. The zero-order chi connectivity index (χ0) is 30.3. The second kappa shape index (κ2) is 11.2. The van der Waals surface area contributed by atoms with Gasteiger partial charge in [-0.3, -0.25) is 19.4 Å². The third-order valence-corrected chi connectivity index (χ3v) is 8.77. The van der Waals surface area contributed by atoms with Crippen LogP contribution in [0.2, 0.25) is 5.02 Å². The van der Waals surface area contributed by atoms with E-state index in [-0.39, 0.29) is 18.2 Å². The first-order chi connectivity index (χ1) is 21.5. The van der Waals surface area contributed by atoms with Crippen LogP contribution >= 0.6 is 11.6 Å². The lowest BCUT2D eigenvalue weighted by Crippen LogP contribution is -2.55. The highest BCUT2D eigenvalue weighted by Gasteiger charge is 2.55. The molecule has 2 unspecified atom stereocenters. The number of nitrogens with zero attached hydrogens (tertiary/aromatic N) is 2. The van der Waals surface area contributed by atoms with Gasteiger partial charge in [0.25, 0.3) is 11.8 Å². The number of para-hydroxylation sites is 2. The molecule has 0 spiro atoms. The van der Waals surface area contributed by atoms with E-state index in [1.54, 1.807) is 28.9 Å². The Morgan fingerprint density at radius 1 is 0.750 bits per heavy atom. The van der Waals surface area contributed by atoms with Crippen molar-refractivity contribution in [2.45, 2.75) is 25.1 Å². The Bertz CT molecular complexity index is 1890. The molecule has 2 aliphatic heterocycles. The summed E-state index contributed by atoms with van der Waals surface area (Å²) in [7, 11) is 0. The zero-order valence-corrected chi connectivity index (χ0v) is 24.8. The van der Waals surface area contributed by atoms with E-state index >= 15 is 0 Å². The lowest BCUT2D eigenvalue weighted by molar-refractivity contribution is -0.122. The molecule has 0 N–H and O–H groups in total. The largest absolute Gasteiger partial charge is 0.462 e. The van der Waals surface area contributed by atoms with E-state index < -0.39 is 11.8 Å². The van der Waals surface area contributed by atoms with Gasteiger partial charge in [-0.2, -0.15) is 0 Å². The molecule has 2 atom stereocenters. The van der Waals surface area contributed by atoms with Crippen LogP contribution in [0.1, 0.15) is 46.4 Å². The normalized spacial score (nSPS) is 19.5. The monoisotopic (exact) mass is 596 g/mol. The molecule has 0 aliphatic carbocycles. The summed E-state index contributed by atoms with van der Waals surface area (Å²) in [6.07, 6.45) is 0.212. The smallest absolute Gasteiger partial charge is 0.261 e. The zero-order valence-electron chi connectivity index (χ0n) is 24.1. The van der Waals surface area contributed by atoms with E-state index in [9.17, 15) is 9.59 Å². The van der Waals surface area contributed by atoms with Gasteiger partial charge in [0.2, 0.25) is 5.72 Å². The maximum absolute atomic E-state index is 14.8. The first-order valence-electron chi connectivity index (χ1n) is 14.6. The Labute approximate surface area is 261 Å². The van der Waals surface area contributed by atoms with Crippen LogP contribution in [-0.2, 0) is 15.3 Å². The maximum atomic E-state index is 14.8. The summed E-state index contributed by atoms with van der Waals surface area (Å²) in [4.78, 5) is 32.9. The van der Waals surface area contributed by atoms with Crippen LogP contribution in [0.25, 0.3) is 5.76 Å². The number of halogens is 1. The molecule has 0 radical (unpaired) electrons. The van der Waals surface area contributed by atoms with Crippen LogP contribution in [0.5, 0.6) is 0 Å². The Morgan fingerprint density at radius 3 is 2.00 bits per heavy atom. The molecule has 7 rings (SSSR count). The molecule has 0 bridgehead atoms. The molecule has 0 fully saturated rings. The predicted molar refractivity (Wildman–Crippen MR) is 174 cm³/mol. The number of rotatable bonds is 4. The molecule has 2 aliphatic rings. The van der Waals surface area contributed by atoms with E-state index in [0.29, 0.717) is 33.3 Å². The fourth-order valence-electron chi connectivity index (χ4n) is 6.37. The fraction of sp³-hybridized carbons (Fsp3) is 0.105. The number of fused-ring (bicyclic) bond motifs is 3. The summed E-state index contributed by atoms with van der Waals surface area (Å²) in [6.45, 7) is 1.80. The van der Waals surface area contributed by atoms with Crippen molar-refractivity contribution < 1.29 is 14.3 Å². The van der Waals surface area contributed by atoms with Gasteiger partial charge in [-0.05, 0) is 42.8 Å². The third kappa shape index (κ3) is 4.48. The van der Waals surface area contributed by atoms with Gasteiger partial charge in [-0.15, -0.1) is 0 Å². The lowest BCUT2D eigenvalue weighted by Gasteiger charge is -2.47. The Balaban J connectivity index is 1.56. The minimum Gasteiger partial charge on any atom is -0.462 e. The number of benzene rings is 5. The van der Waals surface area contributed by atoms with Gasteiger partial charge >= 0.3 is 0 Å². The van der Waals surface area contributed by atoms with Crippen molar-refractivity contribution in [3.63, 3.8) is 0 Å². The summed E-state index contributed by atoms with van der Waals surface area (Å²) in [6, 6.07) is 43.2. The highest BCUT2D eigenvalue weighted by atomic mass is 35.5. The van der Waals surface area contributed by atoms with E-state index in [1.807, 2.05) is 127 Å². The van der Waals surface area contributed by atoms with Crippen molar-refractivity contribution in [2.75, 3.05) is 9.80 Å². The van der Waals surface area contributed by atoms with Gasteiger partial charge in [0.1, 0.15) is 5.76 Å². The molecule has 2 heterocycles. The number of anilines is 2. The van der Waals surface area contributed by atoms with Crippen molar-refractivity contribution in [3.8, 4) is 0 Å². The van der Waals surface area contributed by atoms with E-state index in [2.05, 4.69) is 0 Å².